The quantitative estimate of drug-likeness (QED) is 0.253. The van der Waals surface area contributed by atoms with E-state index in [2.05, 4.69) is 15.0 Å². The van der Waals surface area contributed by atoms with Gasteiger partial charge in [-0.3, -0.25) is 5.41 Å². The number of halogens is 2. The summed E-state index contributed by atoms with van der Waals surface area (Å²) in [5.74, 6) is -1.37. The van der Waals surface area contributed by atoms with Gasteiger partial charge in [0, 0.05) is 23.9 Å². The van der Waals surface area contributed by atoms with E-state index >= 15 is 0 Å². The molecule has 0 aliphatic carbocycles. The zero-order valence-electron chi connectivity index (χ0n) is 16.9. The maximum absolute atomic E-state index is 13.4. The first-order valence-corrected chi connectivity index (χ1v) is 10.2. The van der Waals surface area contributed by atoms with Crippen LogP contribution in [0.15, 0.2) is 36.4 Å². The molecule has 0 unspecified atom stereocenters. The fourth-order valence-corrected chi connectivity index (χ4v) is 3.54. The highest BCUT2D eigenvalue weighted by molar-refractivity contribution is 7.11. The minimum Gasteiger partial charge on any atom is -0.492 e. The van der Waals surface area contributed by atoms with Crippen LogP contribution in [0.3, 0.4) is 0 Å². The van der Waals surface area contributed by atoms with Gasteiger partial charge in [-0.1, -0.05) is 6.92 Å². The Hall–Kier alpha value is -3.24. The van der Waals surface area contributed by atoms with Gasteiger partial charge in [0.1, 0.15) is 39.5 Å². The van der Waals surface area contributed by atoms with Gasteiger partial charge in [-0.15, -0.1) is 0 Å². The molecule has 0 aliphatic rings. The maximum Gasteiger partial charge on any atom is 0.236 e. The van der Waals surface area contributed by atoms with Crippen LogP contribution in [-0.4, -0.2) is 33.1 Å². The first-order chi connectivity index (χ1) is 14.8. The molecule has 0 saturated heterocycles. The minimum atomic E-state index is -0.731. The summed E-state index contributed by atoms with van der Waals surface area (Å²) in [5, 5.41) is 34.1. The number of nitrogens with zero attached hydrogens (tertiary/aromatic N) is 1. The molecule has 1 aromatic heterocycles. The molecule has 0 radical (unpaired) electrons. The summed E-state index contributed by atoms with van der Waals surface area (Å²) in [5.41, 5.74) is 1.63. The highest BCUT2D eigenvalue weighted by Gasteiger charge is 2.20. The molecule has 164 valence electrons. The Morgan fingerprint density at radius 1 is 1.19 bits per heavy atom. The van der Waals surface area contributed by atoms with Gasteiger partial charge >= 0.3 is 0 Å². The zero-order chi connectivity index (χ0) is 22.5. The number of hydrogen-bond donors (Lipinski definition) is 5. The number of benzene rings is 2. The number of aromatic hydroxyl groups is 1. The van der Waals surface area contributed by atoms with E-state index in [1.807, 2.05) is 13.8 Å². The van der Waals surface area contributed by atoms with Gasteiger partial charge in [-0.25, -0.2) is 8.78 Å². The van der Waals surface area contributed by atoms with Crippen molar-refractivity contribution in [3.8, 4) is 17.4 Å². The van der Waals surface area contributed by atoms with Gasteiger partial charge in [0.25, 0.3) is 0 Å². The molecular weight excluding hydrogens is 426 g/mol. The fourth-order valence-electron chi connectivity index (χ4n) is 2.83. The molecule has 5 N–H and O–H groups in total. The van der Waals surface area contributed by atoms with Crippen LogP contribution in [0.1, 0.15) is 24.5 Å². The largest absolute Gasteiger partial charge is 0.492 e. The summed E-state index contributed by atoms with van der Waals surface area (Å²) < 4.78 is 36.2. The number of nitrogens with one attached hydrogen (secondary N) is 3. The smallest absolute Gasteiger partial charge is 0.236 e. The molecule has 0 fully saturated rings. The van der Waals surface area contributed by atoms with Gasteiger partial charge in [0.05, 0.1) is 12.6 Å². The standard InChI is InChI=1S/C21H22F2N4O3S/c1-3-14(10-28)25-19(24)18-20(29)27-31-21(18)26-17-5-4-15(6-11(17)2)30-16-8-12(22)7-13(23)9-16/h4-9,14,26,28H,3,10H2,1-2H3,(H2,24,25)(H,27,29)/t14-/m1/s1. The Morgan fingerprint density at radius 3 is 2.52 bits per heavy atom. The Labute approximate surface area is 182 Å². The Balaban J connectivity index is 1.79. The maximum atomic E-state index is 13.4. The lowest BCUT2D eigenvalue weighted by molar-refractivity contribution is 0.252. The second kappa shape index (κ2) is 9.71. The molecule has 1 atom stereocenters. The first-order valence-electron chi connectivity index (χ1n) is 9.47. The summed E-state index contributed by atoms with van der Waals surface area (Å²) in [4.78, 5) is 0. The highest BCUT2D eigenvalue weighted by atomic mass is 32.1. The van der Waals surface area contributed by atoms with E-state index in [9.17, 15) is 19.0 Å². The lowest BCUT2D eigenvalue weighted by atomic mass is 10.1. The zero-order valence-corrected chi connectivity index (χ0v) is 17.7. The molecule has 0 aliphatic heterocycles. The van der Waals surface area contributed by atoms with Crippen molar-refractivity contribution in [3.63, 3.8) is 0 Å². The molecule has 1 heterocycles. The van der Waals surface area contributed by atoms with Crippen molar-refractivity contribution >= 4 is 28.1 Å². The van der Waals surface area contributed by atoms with Gasteiger partial charge in [-0.05, 0) is 48.6 Å². The van der Waals surface area contributed by atoms with Gasteiger partial charge in [-0.2, -0.15) is 4.37 Å². The molecule has 0 saturated carbocycles. The van der Waals surface area contributed by atoms with E-state index in [1.165, 1.54) is 0 Å². The summed E-state index contributed by atoms with van der Waals surface area (Å²) in [6, 6.07) is 7.65. The van der Waals surface area contributed by atoms with E-state index in [-0.39, 0.29) is 35.7 Å². The molecule has 31 heavy (non-hydrogen) atoms. The van der Waals surface area contributed by atoms with Crippen molar-refractivity contribution in [3.05, 3.63) is 59.2 Å². The minimum absolute atomic E-state index is 0.0427. The third kappa shape index (κ3) is 5.47. The number of aromatic nitrogens is 1. The third-order valence-electron chi connectivity index (χ3n) is 4.50. The van der Waals surface area contributed by atoms with Crippen LogP contribution in [0.25, 0.3) is 0 Å². The number of aryl methyl sites for hydroxylation is 1. The van der Waals surface area contributed by atoms with Gasteiger partial charge in [0.15, 0.2) is 0 Å². The Kier molecular flexibility index (Phi) is 7.03. The summed E-state index contributed by atoms with van der Waals surface area (Å²) >= 11 is 0.991. The molecule has 0 bridgehead atoms. The number of amidine groups is 1. The van der Waals surface area contributed by atoms with Gasteiger partial charge in [0.2, 0.25) is 5.88 Å². The molecule has 3 rings (SSSR count). The predicted octanol–water partition coefficient (Wildman–Crippen LogP) is 4.66. The van der Waals surface area contributed by atoms with Crippen LogP contribution in [0.2, 0.25) is 0 Å². The van der Waals surface area contributed by atoms with E-state index < -0.39 is 11.6 Å². The van der Waals surface area contributed by atoms with E-state index in [0.29, 0.717) is 22.9 Å². The second-order valence-corrected chi connectivity index (χ2v) is 7.60. The van der Waals surface area contributed by atoms with Crippen molar-refractivity contribution in [1.82, 2.24) is 9.69 Å². The molecule has 3 aromatic rings. The summed E-state index contributed by atoms with van der Waals surface area (Å²) in [7, 11) is 0. The van der Waals surface area contributed by atoms with Crippen LogP contribution in [0.5, 0.6) is 17.4 Å². The Morgan fingerprint density at radius 2 is 1.90 bits per heavy atom. The van der Waals surface area contributed by atoms with Crippen LogP contribution < -0.4 is 15.4 Å². The van der Waals surface area contributed by atoms with E-state index in [0.717, 1.165) is 35.3 Å². The number of aliphatic hydroxyl groups excluding tert-OH is 1. The van der Waals surface area contributed by atoms with Crippen LogP contribution in [-0.2, 0) is 0 Å². The predicted molar refractivity (Wildman–Crippen MR) is 116 cm³/mol. The lowest BCUT2D eigenvalue weighted by Crippen LogP contribution is -2.37. The van der Waals surface area contributed by atoms with E-state index in [4.69, 9.17) is 10.1 Å². The molecule has 0 spiro atoms. The molecular formula is C21H22F2N4O3S. The van der Waals surface area contributed by atoms with Crippen molar-refractivity contribution < 1.29 is 23.7 Å². The van der Waals surface area contributed by atoms with Gasteiger partial charge < -0.3 is 25.6 Å². The highest BCUT2D eigenvalue weighted by Crippen LogP contribution is 2.34. The average Bonchev–Trinajstić information content (AvgIpc) is 3.07. The van der Waals surface area contributed by atoms with E-state index in [1.54, 1.807) is 18.2 Å². The lowest BCUT2D eigenvalue weighted by Gasteiger charge is -2.17. The topological polar surface area (TPSA) is 110 Å². The Bertz CT molecular complexity index is 1070. The number of aliphatic hydroxyl groups is 1. The SMILES string of the molecule is CC[C@H](CO)NC(=N)c1c(O)nsc1Nc1ccc(Oc2cc(F)cc(F)c2)cc1C. The molecule has 0 amide bonds. The number of anilines is 2. The number of rotatable bonds is 8. The number of hydrogen-bond acceptors (Lipinski definition) is 7. The monoisotopic (exact) mass is 448 g/mol. The average molecular weight is 448 g/mol. The third-order valence-corrected chi connectivity index (χ3v) is 5.26. The second-order valence-electron chi connectivity index (χ2n) is 6.83. The molecule has 2 aromatic carbocycles. The molecule has 7 nitrogen and oxygen atoms in total. The van der Waals surface area contributed by atoms with Crippen molar-refractivity contribution in [1.29, 1.82) is 5.41 Å². The molecule has 10 heteroatoms. The fraction of sp³-hybridized carbons (Fsp3) is 0.238. The summed E-state index contributed by atoms with van der Waals surface area (Å²) in [6.45, 7) is 3.54. The number of ether oxygens (including phenoxy) is 1. The van der Waals surface area contributed by atoms with Crippen LogP contribution in [0, 0.1) is 24.0 Å². The van der Waals surface area contributed by atoms with Crippen LogP contribution >= 0.6 is 11.5 Å². The first kappa shape index (κ1) is 22.4. The van der Waals surface area contributed by atoms with Crippen molar-refractivity contribution in [2.75, 3.05) is 11.9 Å². The van der Waals surface area contributed by atoms with Crippen molar-refractivity contribution in [2.24, 2.45) is 0 Å². The van der Waals surface area contributed by atoms with Crippen LogP contribution in [0.4, 0.5) is 19.5 Å². The van der Waals surface area contributed by atoms with Crippen molar-refractivity contribution in [2.45, 2.75) is 26.3 Å². The normalized spacial score (nSPS) is 11.8. The summed E-state index contributed by atoms with van der Waals surface area (Å²) in [6.07, 6.45) is 0.607.